The number of imidazole rings is 1. The van der Waals surface area contributed by atoms with Crippen molar-refractivity contribution in [3.8, 4) is 11.4 Å². The molecule has 0 amide bonds. The Hall–Kier alpha value is -3.23. The third-order valence-corrected chi connectivity index (χ3v) is 6.79. The quantitative estimate of drug-likeness (QED) is 0.211. The number of nitrogens with one attached hydrogen (secondary N) is 1. The Kier molecular flexibility index (Phi) is 25.5. The van der Waals surface area contributed by atoms with Crippen molar-refractivity contribution in [2.45, 2.75) is 107 Å². The van der Waals surface area contributed by atoms with Crippen LogP contribution in [0.25, 0.3) is 23.5 Å². The number of aliphatic carboxylic acids is 1. The van der Waals surface area contributed by atoms with E-state index < -0.39 is 16.0 Å². The van der Waals surface area contributed by atoms with Gasteiger partial charge in [0.25, 0.3) is 0 Å². The van der Waals surface area contributed by atoms with Crippen LogP contribution in [0.5, 0.6) is 0 Å². The van der Waals surface area contributed by atoms with E-state index in [0.29, 0.717) is 17.6 Å². The van der Waals surface area contributed by atoms with Crippen LogP contribution in [0.2, 0.25) is 0 Å². The standard InChI is InChI=1S/C14H17N3O2S.C8H10.C8H18.C4H8O2.C2H6/c1-2-6-12-13(9-10-20(15,18)19)17-14(16-12)11-7-4-3-5-8-11;1-7-3-5-8(2)6-4-7;1-4-6-7-8(3)5-2;1-2-3-4(5)6;1-2/h3-9H,2,10H2,1H3,(H,16,17)(H2,15,18,19);3-6H,1-2H3;8H,4-7H2,1-3H3;2-3H2,1H3,(H,5,6);1-2H3/b12-6+,13-9+;;;;. The highest BCUT2D eigenvalue weighted by Gasteiger charge is 2.03. The van der Waals surface area contributed by atoms with E-state index in [-0.39, 0.29) is 5.75 Å². The van der Waals surface area contributed by atoms with Gasteiger partial charge in [0, 0.05) is 12.0 Å². The number of hydrogen-bond donors (Lipinski definition) is 3. The zero-order valence-electron chi connectivity index (χ0n) is 28.7. The minimum Gasteiger partial charge on any atom is -0.481 e. The van der Waals surface area contributed by atoms with Gasteiger partial charge in [-0.05, 0) is 38.7 Å². The number of aryl methyl sites for hydroxylation is 2. The van der Waals surface area contributed by atoms with Crippen LogP contribution in [0.3, 0.4) is 0 Å². The number of carboxylic acids is 1. The fourth-order valence-electron chi connectivity index (χ4n) is 3.45. The molecule has 0 saturated heterocycles. The average Bonchev–Trinajstić information content (AvgIpc) is 3.41. The molecule has 1 atom stereocenters. The highest BCUT2D eigenvalue weighted by atomic mass is 32.2. The average molecular weight is 630 g/mol. The molecule has 0 spiro atoms. The smallest absolute Gasteiger partial charge is 0.303 e. The van der Waals surface area contributed by atoms with Gasteiger partial charge in [0.05, 0.1) is 16.5 Å². The lowest BCUT2D eigenvalue weighted by molar-refractivity contribution is -0.137. The minimum atomic E-state index is -3.53. The third-order valence-electron chi connectivity index (χ3n) is 6.16. The molecule has 2 aromatic carbocycles. The molecule has 0 fully saturated rings. The number of nitrogens with two attached hydrogens (primary N) is 1. The number of hydrogen-bond acceptors (Lipinski definition) is 4. The van der Waals surface area contributed by atoms with Gasteiger partial charge in [0.1, 0.15) is 5.82 Å². The van der Waals surface area contributed by atoms with Gasteiger partial charge in [0.2, 0.25) is 10.0 Å². The van der Waals surface area contributed by atoms with Gasteiger partial charge >= 0.3 is 5.97 Å². The molecule has 44 heavy (non-hydrogen) atoms. The molecule has 1 heterocycles. The summed E-state index contributed by atoms with van der Waals surface area (Å²) in [5, 5.41) is 14.4. The van der Waals surface area contributed by atoms with E-state index in [1.165, 1.54) is 42.9 Å². The number of rotatable bonds is 10. The van der Waals surface area contributed by atoms with Crippen molar-refractivity contribution >= 4 is 28.1 Å². The number of aromatic amines is 1. The maximum atomic E-state index is 11.0. The maximum Gasteiger partial charge on any atom is 0.303 e. The summed E-state index contributed by atoms with van der Waals surface area (Å²) >= 11 is 0. The molecule has 0 aliphatic rings. The molecular formula is C36H59N3O4S. The van der Waals surface area contributed by atoms with E-state index in [0.717, 1.165) is 29.7 Å². The first-order valence-corrected chi connectivity index (χ1v) is 17.6. The number of carbonyl (C=O) groups is 1. The summed E-state index contributed by atoms with van der Waals surface area (Å²) in [6, 6.07) is 18.1. The summed E-state index contributed by atoms with van der Waals surface area (Å²) in [5.74, 6) is 0.731. The normalized spacial score (nSPS) is 11.8. The third kappa shape index (κ3) is 23.3. The van der Waals surface area contributed by atoms with Gasteiger partial charge in [-0.15, -0.1) is 0 Å². The Bertz CT molecular complexity index is 1330. The summed E-state index contributed by atoms with van der Waals surface area (Å²) in [7, 11) is -3.53. The van der Waals surface area contributed by atoms with E-state index in [2.05, 4.69) is 68.9 Å². The highest BCUT2D eigenvalue weighted by molar-refractivity contribution is 7.89. The first-order valence-electron chi connectivity index (χ1n) is 15.9. The van der Waals surface area contributed by atoms with Crippen molar-refractivity contribution in [3.63, 3.8) is 0 Å². The molecule has 1 unspecified atom stereocenters. The summed E-state index contributed by atoms with van der Waals surface area (Å²) < 4.78 is 22.1. The molecule has 4 N–H and O–H groups in total. The first-order chi connectivity index (χ1) is 20.9. The molecule has 8 heteroatoms. The molecule has 248 valence electrons. The number of benzene rings is 2. The Morgan fingerprint density at radius 1 is 0.932 bits per heavy atom. The van der Waals surface area contributed by atoms with Crippen LogP contribution in [0.15, 0.2) is 54.6 Å². The molecule has 0 radical (unpaired) electrons. The first kappa shape index (κ1) is 42.9. The molecule has 3 rings (SSSR count). The summed E-state index contributed by atoms with van der Waals surface area (Å²) in [6.07, 6.45) is 10.9. The van der Waals surface area contributed by atoms with E-state index in [4.69, 9.17) is 10.2 Å². The van der Waals surface area contributed by atoms with Crippen LogP contribution < -0.4 is 15.8 Å². The van der Waals surface area contributed by atoms with Gasteiger partial charge in [-0.1, -0.05) is 146 Å². The molecule has 0 aliphatic carbocycles. The zero-order chi connectivity index (χ0) is 34.0. The Balaban J connectivity index is 0. The molecular weight excluding hydrogens is 570 g/mol. The Morgan fingerprint density at radius 2 is 1.48 bits per heavy atom. The number of nitrogens with zero attached hydrogens (tertiary/aromatic N) is 1. The van der Waals surface area contributed by atoms with Crippen LogP contribution in [0, 0.1) is 19.8 Å². The van der Waals surface area contributed by atoms with Crippen molar-refractivity contribution in [3.05, 3.63) is 76.4 Å². The van der Waals surface area contributed by atoms with Crippen LogP contribution >= 0.6 is 0 Å². The molecule has 0 bridgehead atoms. The van der Waals surface area contributed by atoms with E-state index in [1.807, 2.05) is 64.1 Å². The maximum absolute atomic E-state index is 11.0. The largest absolute Gasteiger partial charge is 0.481 e. The lowest BCUT2D eigenvalue weighted by Crippen LogP contribution is -2.26. The Labute approximate surface area is 267 Å². The number of unbranched alkanes of at least 4 members (excludes halogenated alkanes) is 1. The van der Waals surface area contributed by atoms with Gasteiger partial charge in [-0.2, -0.15) is 0 Å². The van der Waals surface area contributed by atoms with Crippen molar-refractivity contribution in [2.24, 2.45) is 11.1 Å². The second-order valence-electron chi connectivity index (χ2n) is 10.4. The fourth-order valence-corrected chi connectivity index (χ4v) is 3.84. The van der Waals surface area contributed by atoms with Crippen molar-refractivity contribution < 1.29 is 18.3 Å². The predicted molar refractivity (Wildman–Crippen MR) is 189 cm³/mol. The van der Waals surface area contributed by atoms with Crippen molar-refractivity contribution in [1.82, 2.24) is 9.97 Å². The SMILES string of the molecule is CC.CC/C=c1/[nH]c(-c2ccccc2)n/c1=C/CS(N)(=O)=O.CCCC(=O)O.CCCCC(C)CC.Cc1ccc(C)cc1. The number of primary sulfonamides is 1. The van der Waals surface area contributed by atoms with E-state index in [9.17, 15) is 13.2 Å². The van der Waals surface area contributed by atoms with Crippen molar-refractivity contribution in [2.75, 3.05) is 5.75 Å². The topological polar surface area (TPSA) is 126 Å². The van der Waals surface area contributed by atoms with Crippen LogP contribution in [0.1, 0.15) is 105 Å². The number of aromatic nitrogens is 2. The second-order valence-corrected chi connectivity index (χ2v) is 12.0. The zero-order valence-corrected chi connectivity index (χ0v) is 29.5. The number of sulfonamides is 1. The summed E-state index contributed by atoms with van der Waals surface area (Å²) in [4.78, 5) is 17.2. The van der Waals surface area contributed by atoms with Gasteiger partial charge in [-0.25, -0.2) is 18.5 Å². The van der Waals surface area contributed by atoms with E-state index >= 15 is 0 Å². The summed E-state index contributed by atoms with van der Waals surface area (Å²) in [5.41, 5.74) is 3.61. The van der Waals surface area contributed by atoms with Crippen LogP contribution in [0.4, 0.5) is 0 Å². The Morgan fingerprint density at radius 3 is 1.86 bits per heavy atom. The number of H-pyrrole nitrogens is 1. The molecule has 3 aromatic rings. The lowest BCUT2D eigenvalue weighted by atomic mass is 10.0. The fraction of sp³-hybridized carbons (Fsp3) is 0.500. The second kappa shape index (κ2) is 26.2. The van der Waals surface area contributed by atoms with Gasteiger partial charge < -0.3 is 10.1 Å². The van der Waals surface area contributed by atoms with Gasteiger partial charge in [0.15, 0.2) is 0 Å². The molecule has 0 saturated carbocycles. The number of carboxylic acid groups (broad SMARTS) is 1. The van der Waals surface area contributed by atoms with E-state index in [1.54, 1.807) is 0 Å². The molecule has 1 aromatic heterocycles. The monoisotopic (exact) mass is 629 g/mol. The summed E-state index contributed by atoms with van der Waals surface area (Å²) in [6.45, 7) is 18.9. The van der Waals surface area contributed by atoms with Crippen LogP contribution in [-0.4, -0.2) is 35.2 Å². The lowest BCUT2D eigenvalue weighted by Gasteiger charge is -2.04. The van der Waals surface area contributed by atoms with Gasteiger partial charge in [-0.3, -0.25) is 4.79 Å². The molecule has 0 aliphatic heterocycles. The van der Waals surface area contributed by atoms with Crippen molar-refractivity contribution in [1.29, 1.82) is 0 Å². The highest BCUT2D eigenvalue weighted by Crippen LogP contribution is 2.11. The minimum absolute atomic E-state index is 0.226. The predicted octanol–water partition coefficient (Wildman–Crippen LogP) is 7.76. The molecule has 7 nitrogen and oxygen atoms in total. The van der Waals surface area contributed by atoms with Crippen LogP contribution in [-0.2, 0) is 14.8 Å².